The summed E-state index contributed by atoms with van der Waals surface area (Å²) in [5.74, 6) is 0.101. The Bertz CT molecular complexity index is 617. The van der Waals surface area contributed by atoms with Crippen molar-refractivity contribution >= 4 is 5.97 Å². The summed E-state index contributed by atoms with van der Waals surface area (Å²) in [4.78, 5) is 11.8. The van der Waals surface area contributed by atoms with Crippen LogP contribution in [0.1, 0.15) is 31.9 Å². The highest BCUT2D eigenvalue weighted by atomic mass is 16.5. The van der Waals surface area contributed by atoms with Crippen molar-refractivity contribution in [3.63, 3.8) is 0 Å². The highest BCUT2D eigenvalue weighted by Gasteiger charge is 2.37. The van der Waals surface area contributed by atoms with Crippen molar-refractivity contribution in [1.82, 2.24) is 0 Å². The number of rotatable bonds is 6. The average Bonchev–Trinajstić information content (AvgIpc) is 2.48. The van der Waals surface area contributed by atoms with Crippen molar-refractivity contribution in [2.75, 3.05) is 0 Å². The maximum Gasteiger partial charge on any atom is 0.352 e. The monoisotopic (exact) mass is 298 g/mol. The van der Waals surface area contributed by atoms with Crippen LogP contribution in [-0.4, -0.2) is 11.1 Å². The summed E-state index contributed by atoms with van der Waals surface area (Å²) in [6, 6.07) is 16.7. The minimum Gasteiger partial charge on any atom is -0.478 e. The van der Waals surface area contributed by atoms with E-state index in [4.69, 9.17) is 4.74 Å². The molecule has 0 aliphatic carbocycles. The summed E-state index contributed by atoms with van der Waals surface area (Å²) in [5, 5.41) is 9.64. The number of para-hydroxylation sites is 1. The lowest BCUT2D eigenvalue weighted by Gasteiger charge is -2.27. The van der Waals surface area contributed by atoms with Crippen LogP contribution >= 0.6 is 0 Å². The van der Waals surface area contributed by atoms with E-state index in [-0.39, 0.29) is 0 Å². The fraction of sp³-hybridized carbons (Fsp3) is 0.316. The van der Waals surface area contributed by atoms with Crippen LogP contribution in [0.15, 0.2) is 54.6 Å². The fourth-order valence-corrected chi connectivity index (χ4v) is 2.38. The van der Waals surface area contributed by atoms with Crippen LogP contribution in [0.4, 0.5) is 0 Å². The van der Waals surface area contributed by atoms with Crippen LogP contribution < -0.4 is 4.74 Å². The third-order valence-corrected chi connectivity index (χ3v) is 3.62. The molecule has 116 valence electrons. The molecule has 22 heavy (non-hydrogen) atoms. The molecule has 0 spiro atoms. The summed E-state index contributed by atoms with van der Waals surface area (Å²) in [7, 11) is 0. The van der Waals surface area contributed by atoms with E-state index in [2.05, 4.69) is 13.8 Å². The van der Waals surface area contributed by atoms with Gasteiger partial charge < -0.3 is 9.84 Å². The number of ether oxygens (including phenoxy) is 1. The van der Waals surface area contributed by atoms with Crippen molar-refractivity contribution in [3.05, 3.63) is 65.7 Å². The quantitative estimate of drug-likeness (QED) is 0.866. The molecule has 0 amide bonds. The van der Waals surface area contributed by atoms with E-state index >= 15 is 0 Å². The predicted molar refractivity (Wildman–Crippen MR) is 87.0 cm³/mol. The zero-order valence-electron chi connectivity index (χ0n) is 13.2. The van der Waals surface area contributed by atoms with Gasteiger partial charge in [-0.05, 0) is 37.0 Å². The van der Waals surface area contributed by atoms with Gasteiger partial charge >= 0.3 is 5.97 Å². The van der Waals surface area contributed by atoms with Crippen LogP contribution in [0.2, 0.25) is 0 Å². The SMILES string of the molecule is CC(C)Cc1ccc(C(C)(Oc2ccccc2)C(=O)O)cc1. The highest BCUT2D eigenvalue weighted by Crippen LogP contribution is 2.29. The Labute approximate surface area is 131 Å². The zero-order chi connectivity index (χ0) is 16.2. The zero-order valence-corrected chi connectivity index (χ0v) is 13.2. The standard InChI is InChI=1S/C19H22O3/c1-14(2)13-15-9-11-16(12-10-15)19(3,18(20)21)22-17-7-5-4-6-8-17/h4-12,14H,13H2,1-3H3,(H,20,21). The summed E-state index contributed by atoms with van der Waals surface area (Å²) in [6.45, 7) is 5.90. The normalized spacial score (nSPS) is 13.6. The van der Waals surface area contributed by atoms with E-state index in [1.807, 2.05) is 42.5 Å². The van der Waals surface area contributed by atoms with E-state index in [0.29, 0.717) is 17.2 Å². The first-order valence-electron chi connectivity index (χ1n) is 7.48. The number of carboxylic acids is 1. The smallest absolute Gasteiger partial charge is 0.352 e. The number of hydrogen-bond acceptors (Lipinski definition) is 2. The number of hydrogen-bond donors (Lipinski definition) is 1. The van der Waals surface area contributed by atoms with Crippen molar-refractivity contribution in [1.29, 1.82) is 0 Å². The molecule has 1 atom stereocenters. The molecule has 0 aliphatic rings. The van der Waals surface area contributed by atoms with Gasteiger partial charge in [0.2, 0.25) is 5.60 Å². The molecule has 0 saturated heterocycles. The summed E-state index contributed by atoms with van der Waals surface area (Å²) in [5.41, 5.74) is 0.431. The first kappa shape index (κ1) is 16.1. The van der Waals surface area contributed by atoms with Crippen molar-refractivity contribution < 1.29 is 14.6 Å². The van der Waals surface area contributed by atoms with Gasteiger partial charge in [-0.1, -0.05) is 56.3 Å². The molecule has 1 unspecified atom stereocenters. The molecule has 3 nitrogen and oxygen atoms in total. The molecule has 0 saturated carbocycles. The summed E-state index contributed by atoms with van der Waals surface area (Å²) in [6.07, 6.45) is 0.976. The van der Waals surface area contributed by atoms with Crippen LogP contribution in [0, 0.1) is 5.92 Å². The predicted octanol–water partition coefficient (Wildman–Crippen LogP) is 4.26. The van der Waals surface area contributed by atoms with E-state index in [9.17, 15) is 9.90 Å². The van der Waals surface area contributed by atoms with Gasteiger partial charge in [-0.25, -0.2) is 4.79 Å². The molecular weight excluding hydrogens is 276 g/mol. The van der Waals surface area contributed by atoms with Gasteiger partial charge in [-0.2, -0.15) is 0 Å². The van der Waals surface area contributed by atoms with Gasteiger partial charge in [-0.3, -0.25) is 0 Å². The lowest BCUT2D eigenvalue weighted by Crippen LogP contribution is -2.38. The first-order chi connectivity index (χ1) is 10.4. The molecule has 2 aromatic rings. The topological polar surface area (TPSA) is 46.5 Å². The molecule has 0 radical (unpaired) electrons. The molecule has 0 fully saturated rings. The second-order valence-electron chi connectivity index (χ2n) is 6.05. The fourth-order valence-electron chi connectivity index (χ4n) is 2.38. The van der Waals surface area contributed by atoms with Crippen LogP contribution in [0.5, 0.6) is 5.75 Å². The largest absolute Gasteiger partial charge is 0.478 e. The van der Waals surface area contributed by atoms with Crippen molar-refractivity contribution in [2.24, 2.45) is 5.92 Å². The summed E-state index contributed by atoms with van der Waals surface area (Å²) < 4.78 is 5.77. The molecule has 0 bridgehead atoms. The maximum atomic E-state index is 11.8. The van der Waals surface area contributed by atoms with Gasteiger partial charge in [0.05, 0.1) is 0 Å². The Balaban J connectivity index is 2.29. The molecule has 2 rings (SSSR count). The third-order valence-electron chi connectivity index (χ3n) is 3.62. The van der Waals surface area contributed by atoms with Crippen molar-refractivity contribution in [2.45, 2.75) is 32.8 Å². The minimum absolute atomic E-state index is 0.540. The third kappa shape index (κ3) is 3.67. The molecule has 2 aromatic carbocycles. The molecule has 3 heteroatoms. The second kappa shape index (κ2) is 6.65. The molecule has 0 aromatic heterocycles. The lowest BCUT2D eigenvalue weighted by atomic mass is 9.93. The Hall–Kier alpha value is -2.29. The molecular formula is C19H22O3. The molecule has 1 N–H and O–H groups in total. The van der Waals surface area contributed by atoms with Crippen molar-refractivity contribution in [3.8, 4) is 5.75 Å². The van der Waals surface area contributed by atoms with E-state index in [1.54, 1.807) is 19.1 Å². The first-order valence-corrected chi connectivity index (χ1v) is 7.48. The van der Waals surface area contributed by atoms with Crippen LogP contribution in [-0.2, 0) is 16.8 Å². The van der Waals surface area contributed by atoms with E-state index in [1.165, 1.54) is 5.56 Å². The Morgan fingerprint density at radius 1 is 1.09 bits per heavy atom. The van der Waals surface area contributed by atoms with Gasteiger partial charge in [0, 0.05) is 5.56 Å². The molecule has 0 aliphatic heterocycles. The highest BCUT2D eigenvalue weighted by molar-refractivity contribution is 5.79. The minimum atomic E-state index is -1.41. The van der Waals surface area contributed by atoms with E-state index in [0.717, 1.165) is 6.42 Å². The maximum absolute atomic E-state index is 11.8. The van der Waals surface area contributed by atoms with E-state index < -0.39 is 11.6 Å². The number of benzene rings is 2. The Morgan fingerprint density at radius 2 is 1.68 bits per heavy atom. The average molecular weight is 298 g/mol. The second-order valence-corrected chi connectivity index (χ2v) is 6.05. The van der Waals surface area contributed by atoms with Gasteiger partial charge in [0.1, 0.15) is 5.75 Å². The summed E-state index contributed by atoms with van der Waals surface area (Å²) >= 11 is 0. The van der Waals surface area contributed by atoms with Crippen LogP contribution in [0.25, 0.3) is 0 Å². The number of carboxylic acid groups (broad SMARTS) is 1. The Kier molecular flexibility index (Phi) is 4.86. The van der Waals surface area contributed by atoms with Crippen LogP contribution in [0.3, 0.4) is 0 Å². The van der Waals surface area contributed by atoms with Gasteiger partial charge in [0.25, 0.3) is 0 Å². The Morgan fingerprint density at radius 3 is 2.18 bits per heavy atom. The molecule has 0 heterocycles. The number of aliphatic carboxylic acids is 1. The van der Waals surface area contributed by atoms with Gasteiger partial charge in [0.15, 0.2) is 0 Å². The number of carbonyl (C=O) groups is 1. The van der Waals surface area contributed by atoms with Gasteiger partial charge in [-0.15, -0.1) is 0 Å². The lowest BCUT2D eigenvalue weighted by molar-refractivity contribution is -0.154.